The van der Waals surface area contributed by atoms with E-state index in [-0.39, 0.29) is 0 Å². The second kappa shape index (κ2) is 3.22. The Kier molecular flexibility index (Phi) is 3.36. The van der Waals surface area contributed by atoms with Gasteiger partial charge in [-0.2, -0.15) is 0 Å². The van der Waals surface area contributed by atoms with Gasteiger partial charge in [0.2, 0.25) is 0 Å². The zero-order chi connectivity index (χ0) is 8.41. The lowest BCUT2D eigenvalue weighted by Crippen LogP contribution is -2.15. The van der Waals surface area contributed by atoms with Crippen molar-refractivity contribution in [2.24, 2.45) is 5.41 Å². The SMILES string of the molecule is CC[P+](C)(C)CC(C)(C)C. The molecule has 0 aliphatic carbocycles. The van der Waals surface area contributed by atoms with Crippen molar-refractivity contribution < 1.29 is 0 Å². The number of hydrogen-bond acceptors (Lipinski definition) is 0. The standard InChI is InChI=1S/C9H22P/c1-7-10(5,6)8-9(2,3)4/h7-8H2,1-6H3/q+1. The van der Waals surface area contributed by atoms with Crippen LogP contribution in [0.15, 0.2) is 0 Å². The Balaban J connectivity index is 3.89. The van der Waals surface area contributed by atoms with E-state index in [2.05, 4.69) is 41.0 Å². The molecule has 0 unspecified atom stereocenters. The molecule has 0 nitrogen and oxygen atoms in total. The van der Waals surface area contributed by atoms with Crippen LogP contribution >= 0.6 is 7.26 Å². The van der Waals surface area contributed by atoms with E-state index >= 15 is 0 Å². The van der Waals surface area contributed by atoms with Gasteiger partial charge in [0.05, 0.1) is 12.3 Å². The van der Waals surface area contributed by atoms with E-state index in [9.17, 15) is 0 Å². The van der Waals surface area contributed by atoms with Gasteiger partial charge >= 0.3 is 0 Å². The Hall–Kier alpha value is 0.430. The molecular weight excluding hydrogens is 139 g/mol. The molecule has 1 heteroatoms. The molecule has 0 aromatic carbocycles. The zero-order valence-electron chi connectivity index (χ0n) is 8.36. The molecule has 0 radical (unpaired) electrons. The second-order valence-electron chi connectivity index (χ2n) is 4.97. The first-order valence-corrected chi connectivity index (χ1v) is 7.14. The molecule has 0 amide bonds. The molecule has 0 saturated carbocycles. The van der Waals surface area contributed by atoms with Gasteiger partial charge in [0.15, 0.2) is 0 Å². The monoisotopic (exact) mass is 161 g/mol. The minimum atomic E-state index is -0.545. The highest BCUT2D eigenvalue weighted by molar-refractivity contribution is 7.74. The number of hydrogen-bond donors (Lipinski definition) is 0. The Morgan fingerprint density at radius 1 is 1.10 bits per heavy atom. The third kappa shape index (κ3) is 5.23. The van der Waals surface area contributed by atoms with Gasteiger partial charge in [-0.15, -0.1) is 0 Å². The molecular formula is C9H22P+. The fraction of sp³-hybridized carbons (Fsp3) is 1.00. The van der Waals surface area contributed by atoms with Crippen molar-refractivity contribution in [2.45, 2.75) is 27.7 Å². The van der Waals surface area contributed by atoms with Crippen LogP contribution in [-0.2, 0) is 0 Å². The molecule has 62 valence electrons. The largest absolute Gasteiger partial charge is 0.0637 e. The van der Waals surface area contributed by atoms with E-state index in [1.54, 1.807) is 0 Å². The van der Waals surface area contributed by atoms with Crippen LogP contribution in [-0.4, -0.2) is 25.7 Å². The molecule has 10 heavy (non-hydrogen) atoms. The average Bonchev–Trinajstić information content (AvgIpc) is 1.60. The molecule has 0 heterocycles. The highest BCUT2D eigenvalue weighted by atomic mass is 31.2. The van der Waals surface area contributed by atoms with Crippen molar-refractivity contribution in [1.82, 2.24) is 0 Å². The summed E-state index contributed by atoms with van der Waals surface area (Å²) in [6.07, 6.45) is 2.82. The average molecular weight is 161 g/mol. The Labute approximate surface area is 66.7 Å². The molecule has 0 aromatic heterocycles. The minimum Gasteiger partial charge on any atom is -0.0567 e. The molecule has 0 N–H and O–H groups in total. The van der Waals surface area contributed by atoms with Gasteiger partial charge in [0, 0.05) is 20.6 Å². The molecule has 0 rings (SSSR count). The summed E-state index contributed by atoms with van der Waals surface area (Å²) in [4.78, 5) is 0. The van der Waals surface area contributed by atoms with E-state index in [0.29, 0.717) is 5.41 Å². The topological polar surface area (TPSA) is 0 Å². The van der Waals surface area contributed by atoms with Crippen LogP contribution in [0.4, 0.5) is 0 Å². The van der Waals surface area contributed by atoms with Crippen LogP contribution in [0.5, 0.6) is 0 Å². The van der Waals surface area contributed by atoms with E-state index < -0.39 is 7.26 Å². The molecule has 0 aliphatic heterocycles. The maximum Gasteiger partial charge on any atom is 0.0637 e. The van der Waals surface area contributed by atoms with Crippen molar-refractivity contribution in [3.8, 4) is 0 Å². The maximum absolute atomic E-state index is 2.46. The van der Waals surface area contributed by atoms with Crippen molar-refractivity contribution in [2.75, 3.05) is 25.7 Å². The van der Waals surface area contributed by atoms with Crippen LogP contribution in [0.1, 0.15) is 27.7 Å². The Morgan fingerprint density at radius 3 is 1.60 bits per heavy atom. The zero-order valence-corrected chi connectivity index (χ0v) is 9.26. The van der Waals surface area contributed by atoms with Gasteiger partial charge < -0.3 is 0 Å². The first-order chi connectivity index (χ1) is 4.27. The number of rotatable bonds is 2. The molecule has 0 fully saturated rings. The maximum atomic E-state index is 2.46. The van der Waals surface area contributed by atoms with Gasteiger partial charge in [-0.3, -0.25) is 0 Å². The summed E-state index contributed by atoms with van der Waals surface area (Å²) in [7, 11) is -0.545. The van der Waals surface area contributed by atoms with Gasteiger partial charge in [-0.25, -0.2) is 0 Å². The molecule has 0 atom stereocenters. The van der Waals surface area contributed by atoms with E-state index in [1.807, 2.05) is 0 Å². The third-order valence-electron chi connectivity index (χ3n) is 1.76. The normalized spacial score (nSPS) is 13.8. The third-order valence-corrected chi connectivity index (χ3v) is 5.28. The minimum absolute atomic E-state index is 0.535. The van der Waals surface area contributed by atoms with Gasteiger partial charge in [-0.05, 0) is 12.3 Å². The molecule has 0 saturated heterocycles. The van der Waals surface area contributed by atoms with Gasteiger partial charge in [-0.1, -0.05) is 20.8 Å². The van der Waals surface area contributed by atoms with Crippen molar-refractivity contribution in [1.29, 1.82) is 0 Å². The quantitative estimate of drug-likeness (QED) is 0.545. The van der Waals surface area contributed by atoms with Crippen molar-refractivity contribution in [3.63, 3.8) is 0 Å². The predicted octanol–water partition coefficient (Wildman–Crippen LogP) is 3.33. The van der Waals surface area contributed by atoms with E-state index in [0.717, 1.165) is 0 Å². The fourth-order valence-electron chi connectivity index (χ4n) is 1.40. The Bertz CT molecular complexity index is 97.8. The molecule has 0 aliphatic rings. The van der Waals surface area contributed by atoms with Gasteiger partial charge in [0.1, 0.15) is 0 Å². The van der Waals surface area contributed by atoms with Crippen molar-refractivity contribution in [3.05, 3.63) is 0 Å². The van der Waals surface area contributed by atoms with Gasteiger partial charge in [0.25, 0.3) is 0 Å². The molecule has 0 aromatic rings. The first-order valence-electron chi connectivity index (χ1n) is 4.09. The fourth-order valence-corrected chi connectivity index (χ4v) is 4.19. The lowest BCUT2D eigenvalue weighted by Gasteiger charge is -2.25. The summed E-state index contributed by atoms with van der Waals surface area (Å²) in [5.74, 6) is 0. The lowest BCUT2D eigenvalue weighted by atomic mass is 10.0. The second-order valence-corrected chi connectivity index (χ2v) is 9.79. The first kappa shape index (κ1) is 10.4. The summed E-state index contributed by atoms with van der Waals surface area (Å²) >= 11 is 0. The van der Waals surface area contributed by atoms with Crippen LogP contribution in [0.2, 0.25) is 0 Å². The van der Waals surface area contributed by atoms with Crippen LogP contribution < -0.4 is 0 Å². The predicted molar refractivity (Wildman–Crippen MR) is 53.6 cm³/mol. The van der Waals surface area contributed by atoms with Crippen LogP contribution in [0, 0.1) is 5.41 Å². The summed E-state index contributed by atoms with van der Waals surface area (Å²) in [6, 6.07) is 0. The van der Waals surface area contributed by atoms with E-state index in [4.69, 9.17) is 0 Å². The highest BCUT2D eigenvalue weighted by Gasteiger charge is 2.29. The van der Waals surface area contributed by atoms with E-state index in [1.165, 1.54) is 12.3 Å². The van der Waals surface area contributed by atoms with Crippen LogP contribution in [0.3, 0.4) is 0 Å². The Morgan fingerprint density at radius 2 is 1.50 bits per heavy atom. The summed E-state index contributed by atoms with van der Waals surface area (Å²) in [6.45, 7) is 14.2. The molecule has 0 bridgehead atoms. The molecule has 0 spiro atoms. The lowest BCUT2D eigenvalue weighted by molar-refractivity contribution is 0.475. The van der Waals surface area contributed by atoms with Crippen molar-refractivity contribution >= 4 is 7.26 Å². The summed E-state index contributed by atoms with van der Waals surface area (Å²) in [5, 5.41) is 0. The van der Waals surface area contributed by atoms with Crippen LogP contribution in [0.25, 0.3) is 0 Å². The smallest absolute Gasteiger partial charge is 0.0567 e. The summed E-state index contributed by atoms with van der Waals surface area (Å²) in [5.41, 5.74) is 0.535. The highest BCUT2D eigenvalue weighted by Crippen LogP contribution is 2.54. The summed E-state index contributed by atoms with van der Waals surface area (Å²) < 4.78 is 0.